The normalized spacial score (nSPS) is 23.9. The fourth-order valence-electron chi connectivity index (χ4n) is 4.80. The highest BCUT2D eigenvalue weighted by Gasteiger charge is 2.60. The molecule has 0 unspecified atom stereocenters. The van der Waals surface area contributed by atoms with Crippen LogP contribution in [0.3, 0.4) is 0 Å². The van der Waals surface area contributed by atoms with E-state index in [0.717, 1.165) is 36.0 Å². The van der Waals surface area contributed by atoms with Crippen molar-refractivity contribution in [3.63, 3.8) is 0 Å². The number of alkyl halides is 3. The molecular weight excluding hydrogens is 397 g/mol. The lowest BCUT2D eigenvalue weighted by Crippen LogP contribution is -2.71. The molecule has 1 aliphatic heterocycles. The van der Waals surface area contributed by atoms with Crippen molar-refractivity contribution in [2.75, 3.05) is 20.3 Å². The number of hydrogen-bond acceptors (Lipinski definition) is 4. The van der Waals surface area contributed by atoms with E-state index >= 15 is 0 Å². The van der Waals surface area contributed by atoms with Crippen LogP contribution in [0, 0.1) is 12.8 Å². The molecule has 4 rings (SSSR count). The predicted molar refractivity (Wildman–Crippen MR) is 107 cm³/mol. The average Bonchev–Trinajstić information content (AvgIpc) is 2.96. The van der Waals surface area contributed by atoms with Crippen molar-refractivity contribution >= 4 is 16.9 Å². The standard InChI is InChI=1S/C22H27F3N2O3/c1-14-19(20(28)29-2)17-5-3-4-6-18(17)27(14)11-15-7-9-16(10-8-15)26-21(12-30-13-21)22(23,24)25/h3-6,15-16,26H,7-13H2,1-2H3. The zero-order chi connectivity index (χ0) is 21.5. The predicted octanol–water partition coefficient (Wildman–Crippen LogP) is 4.22. The molecule has 0 atom stereocenters. The van der Waals surface area contributed by atoms with Gasteiger partial charge in [0.2, 0.25) is 0 Å². The van der Waals surface area contributed by atoms with E-state index in [0.29, 0.717) is 24.3 Å². The molecular formula is C22H27F3N2O3. The SMILES string of the molecule is COC(=O)c1c(C)n(CC2CCC(NC3(C(F)(F)F)COC3)CC2)c2ccccc12. The Bertz CT molecular complexity index is 926. The highest BCUT2D eigenvalue weighted by molar-refractivity contribution is 6.05. The fourth-order valence-corrected chi connectivity index (χ4v) is 4.80. The third-order valence-electron chi connectivity index (χ3n) is 6.63. The van der Waals surface area contributed by atoms with Crippen LogP contribution in [-0.2, 0) is 16.0 Å². The summed E-state index contributed by atoms with van der Waals surface area (Å²) in [7, 11) is 1.38. The van der Waals surface area contributed by atoms with Gasteiger partial charge in [-0.1, -0.05) is 18.2 Å². The van der Waals surface area contributed by atoms with Crippen molar-refractivity contribution < 1.29 is 27.4 Å². The molecule has 1 aromatic carbocycles. The molecule has 1 saturated heterocycles. The molecule has 5 nitrogen and oxygen atoms in total. The van der Waals surface area contributed by atoms with Crippen molar-refractivity contribution in [2.24, 2.45) is 5.92 Å². The molecule has 8 heteroatoms. The maximum absolute atomic E-state index is 13.4. The summed E-state index contributed by atoms with van der Waals surface area (Å²) in [6.07, 6.45) is -1.22. The molecule has 1 aromatic heterocycles. The van der Waals surface area contributed by atoms with Gasteiger partial charge in [-0.05, 0) is 44.6 Å². The summed E-state index contributed by atoms with van der Waals surface area (Å²) in [5, 5.41) is 3.71. The molecule has 1 saturated carbocycles. The van der Waals surface area contributed by atoms with Crippen molar-refractivity contribution in [3.05, 3.63) is 35.5 Å². The molecule has 2 aromatic rings. The van der Waals surface area contributed by atoms with Crippen LogP contribution in [0.15, 0.2) is 24.3 Å². The molecule has 30 heavy (non-hydrogen) atoms. The molecule has 0 bridgehead atoms. The molecule has 164 valence electrons. The lowest BCUT2D eigenvalue weighted by molar-refractivity contribution is -0.270. The monoisotopic (exact) mass is 424 g/mol. The van der Waals surface area contributed by atoms with E-state index in [-0.39, 0.29) is 25.2 Å². The van der Waals surface area contributed by atoms with Crippen molar-refractivity contribution in [2.45, 2.75) is 56.9 Å². The van der Waals surface area contributed by atoms with Gasteiger partial charge in [-0.25, -0.2) is 4.79 Å². The summed E-state index contributed by atoms with van der Waals surface area (Å²) in [5.74, 6) is -0.00180. The average molecular weight is 424 g/mol. The van der Waals surface area contributed by atoms with Gasteiger partial charge in [0.1, 0.15) is 0 Å². The second-order valence-electron chi connectivity index (χ2n) is 8.51. The van der Waals surface area contributed by atoms with Crippen LogP contribution in [0.25, 0.3) is 10.9 Å². The largest absolute Gasteiger partial charge is 0.465 e. The summed E-state index contributed by atoms with van der Waals surface area (Å²) < 4.78 is 52.1. The van der Waals surface area contributed by atoms with Crippen LogP contribution in [-0.4, -0.2) is 48.6 Å². The lowest BCUT2D eigenvalue weighted by atomic mass is 9.83. The van der Waals surface area contributed by atoms with Gasteiger partial charge in [0.25, 0.3) is 0 Å². The zero-order valence-electron chi connectivity index (χ0n) is 17.2. The quantitative estimate of drug-likeness (QED) is 0.731. The molecule has 0 spiro atoms. The Labute approximate surface area is 173 Å². The lowest BCUT2D eigenvalue weighted by Gasteiger charge is -2.46. The number of hydrogen-bond donors (Lipinski definition) is 1. The number of esters is 1. The Morgan fingerprint density at radius 3 is 2.47 bits per heavy atom. The second-order valence-corrected chi connectivity index (χ2v) is 8.51. The second kappa shape index (κ2) is 7.89. The van der Waals surface area contributed by atoms with Crippen LogP contribution in [0.5, 0.6) is 0 Å². The van der Waals surface area contributed by atoms with Gasteiger partial charge in [-0.3, -0.25) is 5.32 Å². The van der Waals surface area contributed by atoms with Crippen molar-refractivity contribution in [3.8, 4) is 0 Å². The molecule has 0 radical (unpaired) electrons. The molecule has 1 aliphatic carbocycles. The minimum absolute atomic E-state index is 0.153. The van der Waals surface area contributed by atoms with Crippen LogP contribution >= 0.6 is 0 Å². The summed E-state index contributed by atoms with van der Waals surface area (Å²) >= 11 is 0. The number of aromatic nitrogens is 1. The first-order chi connectivity index (χ1) is 14.3. The number of carbonyl (C=O) groups excluding carboxylic acids is 1. The Balaban J connectivity index is 1.45. The van der Waals surface area contributed by atoms with E-state index < -0.39 is 11.7 Å². The van der Waals surface area contributed by atoms with E-state index in [1.54, 1.807) is 0 Å². The number of halogens is 3. The van der Waals surface area contributed by atoms with Gasteiger partial charge in [0.05, 0.1) is 25.9 Å². The molecule has 2 heterocycles. The maximum Gasteiger partial charge on any atom is 0.411 e. The Morgan fingerprint density at radius 1 is 1.23 bits per heavy atom. The van der Waals surface area contributed by atoms with Crippen LogP contribution < -0.4 is 5.32 Å². The van der Waals surface area contributed by atoms with Crippen LogP contribution in [0.2, 0.25) is 0 Å². The topological polar surface area (TPSA) is 52.5 Å². The van der Waals surface area contributed by atoms with E-state index in [1.807, 2.05) is 31.2 Å². The summed E-state index contributed by atoms with van der Waals surface area (Å²) in [6, 6.07) is 7.60. The van der Waals surface area contributed by atoms with Crippen LogP contribution in [0.1, 0.15) is 41.7 Å². The summed E-state index contributed by atoms with van der Waals surface area (Å²) in [5.41, 5.74) is 0.553. The smallest absolute Gasteiger partial charge is 0.411 e. The third-order valence-corrected chi connectivity index (χ3v) is 6.63. The minimum atomic E-state index is -4.30. The number of benzene rings is 1. The number of para-hydroxylation sites is 1. The Kier molecular flexibility index (Phi) is 5.57. The van der Waals surface area contributed by atoms with Gasteiger partial charge in [-0.15, -0.1) is 0 Å². The highest BCUT2D eigenvalue weighted by atomic mass is 19.4. The number of methoxy groups -OCH3 is 1. The van der Waals surface area contributed by atoms with Gasteiger partial charge in [0, 0.05) is 29.2 Å². The van der Waals surface area contributed by atoms with Crippen molar-refractivity contribution in [1.29, 1.82) is 0 Å². The minimum Gasteiger partial charge on any atom is -0.465 e. The highest BCUT2D eigenvalue weighted by Crippen LogP contribution is 2.38. The Morgan fingerprint density at radius 2 is 1.90 bits per heavy atom. The fraction of sp³-hybridized carbons (Fsp3) is 0.591. The third kappa shape index (κ3) is 3.60. The summed E-state index contributed by atoms with van der Waals surface area (Å²) in [6.45, 7) is 2.05. The number of rotatable bonds is 5. The van der Waals surface area contributed by atoms with Gasteiger partial charge >= 0.3 is 12.1 Å². The summed E-state index contributed by atoms with van der Waals surface area (Å²) in [4.78, 5) is 12.3. The first-order valence-electron chi connectivity index (χ1n) is 10.3. The number of carbonyl (C=O) groups is 1. The Hall–Kier alpha value is -2.06. The molecule has 1 N–H and O–H groups in total. The maximum atomic E-state index is 13.4. The van der Waals surface area contributed by atoms with E-state index in [2.05, 4.69) is 9.88 Å². The molecule has 2 fully saturated rings. The van der Waals surface area contributed by atoms with E-state index in [4.69, 9.17) is 9.47 Å². The number of ether oxygens (including phenoxy) is 2. The number of nitrogens with zero attached hydrogens (tertiary/aromatic N) is 1. The number of nitrogens with one attached hydrogen (secondary N) is 1. The van der Waals surface area contributed by atoms with E-state index in [9.17, 15) is 18.0 Å². The van der Waals surface area contributed by atoms with Crippen LogP contribution in [0.4, 0.5) is 13.2 Å². The zero-order valence-corrected chi connectivity index (χ0v) is 17.2. The first-order valence-corrected chi connectivity index (χ1v) is 10.3. The van der Waals surface area contributed by atoms with E-state index in [1.165, 1.54) is 7.11 Å². The number of fused-ring (bicyclic) bond motifs is 1. The van der Waals surface area contributed by atoms with Crippen molar-refractivity contribution in [1.82, 2.24) is 9.88 Å². The molecule has 2 aliphatic rings. The van der Waals surface area contributed by atoms with Gasteiger partial charge in [0.15, 0.2) is 5.54 Å². The van der Waals surface area contributed by atoms with Gasteiger partial charge in [-0.2, -0.15) is 13.2 Å². The first kappa shape index (κ1) is 21.2. The van der Waals surface area contributed by atoms with Gasteiger partial charge < -0.3 is 14.0 Å². The molecule has 0 amide bonds.